The molecule has 0 saturated heterocycles. The number of nitrogens with one attached hydrogen (secondary N) is 1. The maximum atomic E-state index is 13.6. The Morgan fingerprint density at radius 2 is 1.92 bits per heavy atom. The monoisotopic (exact) mass is 523 g/mol. The number of hydrogen-bond acceptors (Lipinski definition) is 9. The second-order valence-electron chi connectivity index (χ2n) is 8.53. The van der Waals surface area contributed by atoms with E-state index in [2.05, 4.69) is 35.4 Å². The lowest BCUT2D eigenvalue weighted by molar-refractivity contribution is -0.284. The van der Waals surface area contributed by atoms with Gasteiger partial charge in [0.25, 0.3) is 0 Å². The Kier molecular flexibility index (Phi) is 5.38. The molecule has 5 rings (SSSR count). The van der Waals surface area contributed by atoms with Crippen molar-refractivity contribution in [3.8, 4) is 11.5 Å². The van der Waals surface area contributed by atoms with Gasteiger partial charge in [-0.25, -0.2) is 19.9 Å². The van der Waals surface area contributed by atoms with Crippen LogP contribution in [0.15, 0.2) is 23.1 Å². The van der Waals surface area contributed by atoms with Crippen molar-refractivity contribution in [3.63, 3.8) is 0 Å². The molecule has 16 heteroatoms. The van der Waals surface area contributed by atoms with E-state index in [1.165, 1.54) is 29.9 Å². The lowest BCUT2D eigenvalue weighted by Crippen LogP contribution is -2.36. The summed E-state index contributed by atoms with van der Waals surface area (Å²) in [6.45, 7) is 3.33. The number of anilines is 2. The third kappa shape index (κ3) is 3.82. The third-order valence-corrected chi connectivity index (χ3v) is 6.10. The standard InChI is InChI=1S/C21H18F5N9O2/c1-3-11-30-17(34-37-11)19(2)12-13(27)31-14(32-15(12)33-18(19)36)10-8-35-7-6-28-16(35)9(29-10)4-5-20(22,23)21(24,25)26/h6-8H,3-5H2,1-2H3,(H3,27,31,32,33,36). The predicted octanol–water partition coefficient (Wildman–Crippen LogP) is 3.10. The van der Waals surface area contributed by atoms with Gasteiger partial charge in [-0.2, -0.15) is 26.9 Å². The molecule has 0 spiro atoms. The second-order valence-corrected chi connectivity index (χ2v) is 8.53. The number of alkyl halides is 5. The van der Waals surface area contributed by atoms with E-state index in [0.29, 0.717) is 12.3 Å². The van der Waals surface area contributed by atoms with E-state index in [1.54, 1.807) is 6.92 Å². The normalized spacial score (nSPS) is 17.9. The number of amides is 1. The molecular weight excluding hydrogens is 505 g/mol. The average molecular weight is 523 g/mol. The van der Waals surface area contributed by atoms with E-state index in [-0.39, 0.29) is 45.9 Å². The minimum atomic E-state index is -5.70. The first-order valence-corrected chi connectivity index (χ1v) is 10.9. The van der Waals surface area contributed by atoms with Crippen LogP contribution in [0.2, 0.25) is 0 Å². The molecule has 1 amide bonds. The molecule has 0 aromatic carbocycles. The summed E-state index contributed by atoms with van der Waals surface area (Å²) in [5.41, 5.74) is 4.96. The van der Waals surface area contributed by atoms with Crippen LogP contribution < -0.4 is 11.1 Å². The van der Waals surface area contributed by atoms with Crippen molar-refractivity contribution in [1.82, 2.24) is 34.5 Å². The molecule has 194 valence electrons. The van der Waals surface area contributed by atoms with Crippen molar-refractivity contribution in [2.45, 2.75) is 50.6 Å². The number of imidazole rings is 1. The average Bonchev–Trinajstić information content (AvgIpc) is 3.55. The van der Waals surface area contributed by atoms with Gasteiger partial charge in [-0.05, 0) is 13.3 Å². The van der Waals surface area contributed by atoms with Crippen LogP contribution in [0.4, 0.5) is 33.6 Å². The number of hydrogen-bond donors (Lipinski definition) is 2. The maximum absolute atomic E-state index is 13.6. The van der Waals surface area contributed by atoms with E-state index < -0.39 is 36.3 Å². The smallest absolute Gasteiger partial charge is 0.383 e. The molecule has 4 aromatic heterocycles. The highest BCUT2D eigenvalue weighted by atomic mass is 19.4. The highest BCUT2D eigenvalue weighted by molar-refractivity contribution is 6.08. The number of fused-ring (bicyclic) bond motifs is 2. The van der Waals surface area contributed by atoms with E-state index in [9.17, 15) is 26.7 Å². The van der Waals surface area contributed by atoms with Crippen molar-refractivity contribution in [3.05, 3.63) is 41.6 Å². The molecular formula is C21H18F5N9O2. The molecule has 4 aromatic rings. The fourth-order valence-corrected chi connectivity index (χ4v) is 4.03. The minimum Gasteiger partial charge on any atom is -0.383 e. The highest BCUT2D eigenvalue weighted by Gasteiger charge is 2.56. The Bertz CT molecular complexity index is 1530. The molecule has 0 aliphatic carbocycles. The molecule has 3 N–H and O–H groups in total. The fourth-order valence-electron chi connectivity index (χ4n) is 4.03. The fraction of sp³-hybridized carbons (Fsp3) is 0.381. The van der Waals surface area contributed by atoms with Gasteiger partial charge in [-0.3, -0.25) is 4.79 Å². The summed E-state index contributed by atoms with van der Waals surface area (Å²) in [6, 6.07) is 0. The zero-order chi connectivity index (χ0) is 26.8. The van der Waals surface area contributed by atoms with Crippen LogP contribution >= 0.6 is 0 Å². The van der Waals surface area contributed by atoms with Gasteiger partial charge < -0.3 is 20.0 Å². The Morgan fingerprint density at radius 3 is 2.59 bits per heavy atom. The third-order valence-electron chi connectivity index (χ3n) is 6.10. The number of halogens is 5. The zero-order valence-electron chi connectivity index (χ0n) is 19.3. The summed E-state index contributed by atoms with van der Waals surface area (Å²) >= 11 is 0. The van der Waals surface area contributed by atoms with E-state index in [4.69, 9.17) is 10.3 Å². The van der Waals surface area contributed by atoms with Crippen LogP contribution in [0.25, 0.3) is 17.2 Å². The van der Waals surface area contributed by atoms with Crippen LogP contribution in [0, 0.1) is 0 Å². The molecule has 0 bridgehead atoms. The molecule has 1 aliphatic rings. The van der Waals surface area contributed by atoms with Gasteiger partial charge in [0.1, 0.15) is 22.7 Å². The topological polar surface area (TPSA) is 150 Å². The number of aromatic nitrogens is 7. The molecule has 1 unspecified atom stereocenters. The van der Waals surface area contributed by atoms with Crippen LogP contribution in [0.3, 0.4) is 0 Å². The molecule has 0 saturated carbocycles. The summed E-state index contributed by atoms with van der Waals surface area (Å²) in [5.74, 6) is -5.22. The summed E-state index contributed by atoms with van der Waals surface area (Å²) in [5, 5.41) is 6.50. The number of nitrogens with two attached hydrogens (primary N) is 1. The van der Waals surface area contributed by atoms with Crippen molar-refractivity contribution in [2.75, 3.05) is 11.1 Å². The number of aryl methyl sites for hydroxylation is 2. The summed E-state index contributed by atoms with van der Waals surface area (Å²) < 4.78 is 71.7. The van der Waals surface area contributed by atoms with Crippen LogP contribution in [-0.4, -0.2) is 52.5 Å². The lowest BCUT2D eigenvalue weighted by atomic mass is 9.83. The van der Waals surface area contributed by atoms with E-state index in [1.807, 2.05) is 0 Å². The van der Waals surface area contributed by atoms with Gasteiger partial charge in [0.2, 0.25) is 11.8 Å². The van der Waals surface area contributed by atoms with Crippen LogP contribution in [-0.2, 0) is 23.1 Å². The van der Waals surface area contributed by atoms with Gasteiger partial charge in [0.05, 0.1) is 11.3 Å². The SMILES string of the molecule is CCc1nc(C2(C)C(=O)Nc3nc(-c4cn5ccnc5c(CCC(F)(F)C(F)(F)F)n4)nc(N)c32)no1. The number of nitrogens with zero attached hydrogens (tertiary/aromatic N) is 7. The van der Waals surface area contributed by atoms with Gasteiger partial charge >= 0.3 is 12.1 Å². The first-order chi connectivity index (χ1) is 17.3. The van der Waals surface area contributed by atoms with Gasteiger partial charge in [-0.15, -0.1) is 0 Å². The summed E-state index contributed by atoms with van der Waals surface area (Å²) in [6.07, 6.45) is -3.29. The van der Waals surface area contributed by atoms with Gasteiger partial charge in [-0.1, -0.05) is 12.1 Å². The van der Waals surface area contributed by atoms with Crippen LogP contribution in [0.1, 0.15) is 43.2 Å². The largest absolute Gasteiger partial charge is 0.453 e. The molecule has 1 atom stereocenters. The molecule has 0 fully saturated rings. The van der Waals surface area contributed by atoms with Crippen molar-refractivity contribution in [1.29, 1.82) is 0 Å². The Balaban J connectivity index is 1.56. The van der Waals surface area contributed by atoms with Crippen LogP contribution in [0.5, 0.6) is 0 Å². The molecule has 37 heavy (non-hydrogen) atoms. The predicted molar refractivity (Wildman–Crippen MR) is 117 cm³/mol. The van der Waals surface area contributed by atoms with Crippen molar-refractivity contribution >= 4 is 23.2 Å². The Labute approximate surface area is 204 Å². The molecule has 5 heterocycles. The Morgan fingerprint density at radius 1 is 1.16 bits per heavy atom. The highest BCUT2D eigenvalue weighted by Crippen LogP contribution is 2.44. The summed E-state index contributed by atoms with van der Waals surface area (Å²) in [4.78, 5) is 34.0. The summed E-state index contributed by atoms with van der Waals surface area (Å²) in [7, 11) is 0. The lowest BCUT2D eigenvalue weighted by Gasteiger charge is -2.19. The minimum absolute atomic E-state index is 0.0148. The molecule has 1 aliphatic heterocycles. The van der Waals surface area contributed by atoms with Crippen molar-refractivity contribution in [2.24, 2.45) is 0 Å². The van der Waals surface area contributed by atoms with E-state index >= 15 is 0 Å². The Hall–Kier alpha value is -4.24. The van der Waals surface area contributed by atoms with Gasteiger partial charge in [0.15, 0.2) is 17.3 Å². The number of rotatable bonds is 6. The first-order valence-electron chi connectivity index (χ1n) is 10.9. The second kappa shape index (κ2) is 8.14. The number of nitrogen functional groups attached to an aromatic ring is 1. The number of carbonyl (C=O) groups excluding carboxylic acids is 1. The van der Waals surface area contributed by atoms with Crippen molar-refractivity contribution < 1.29 is 31.3 Å². The molecule has 0 radical (unpaired) electrons. The maximum Gasteiger partial charge on any atom is 0.453 e. The quantitative estimate of drug-likeness (QED) is 0.364. The molecule has 11 nitrogen and oxygen atoms in total. The first kappa shape index (κ1) is 24.5. The van der Waals surface area contributed by atoms with Gasteiger partial charge in [0, 0.05) is 31.4 Å². The van der Waals surface area contributed by atoms with E-state index in [0.717, 1.165) is 0 Å². The zero-order valence-corrected chi connectivity index (χ0v) is 19.3. The number of carbonyl (C=O) groups is 1.